The first-order chi connectivity index (χ1) is 10.5. The lowest BCUT2D eigenvalue weighted by Gasteiger charge is -2.08. The van der Waals surface area contributed by atoms with E-state index in [1.807, 2.05) is 0 Å². The first-order valence-electron chi connectivity index (χ1n) is 6.58. The molecule has 0 fully saturated rings. The summed E-state index contributed by atoms with van der Waals surface area (Å²) in [5.74, 6) is -1.04. The van der Waals surface area contributed by atoms with Gasteiger partial charge < -0.3 is 14.4 Å². The molecule has 3 rings (SSSR count). The number of hydrogen-bond acceptors (Lipinski definition) is 4. The van der Waals surface area contributed by atoms with E-state index in [9.17, 15) is 14.2 Å². The highest BCUT2D eigenvalue weighted by molar-refractivity contribution is 6.61. The molecule has 2 aromatic rings. The number of rotatable bonds is 3. The molecule has 0 aliphatic carbocycles. The van der Waals surface area contributed by atoms with Gasteiger partial charge in [-0.3, -0.25) is 0 Å². The highest BCUT2D eigenvalue weighted by Crippen LogP contribution is 2.22. The summed E-state index contributed by atoms with van der Waals surface area (Å²) in [6, 6.07) is 8.82. The van der Waals surface area contributed by atoms with E-state index in [0.717, 1.165) is 5.56 Å². The molecule has 1 aliphatic heterocycles. The number of carbonyl (C=O) groups excluding carboxylic acids is 1. The molecule has 0 unspecified atom stereocenters. The van der Waals surface area contributed by atoms with Crippen molar-refractivity contribution < 1.29 is 23.6 Å². The van der Waals surface area contributed by atoms with E-state index in [1.165, 1.54) is 24.3 Å². The minimum Gasteiger partial charge on any atom is -0.457 e. The molecule has 2 aromatic carbocycles. The molecule has 22 heavy (non-hydrogen) atoms. The predicted octanol–water partition coefficient (Wildman–Crippen LogP) is 2.05. The van der Waals surface area contributed by atoms with Gasteiger partial charge in [0.1, 0.15) is 12.4 Å². The van der Waals surface area contributed by atoms with Crippen molar-refractivity contribution in [1.82, 2.24) is 0 Å². The molecule has 0 radical (unpaired) electrons. The quantitative estimate of drug-likeness (QED) is 0.695. The molecule has 0 saturated heterocycles. The number of esters is 1. The van der Waals surface area contributed by atoms with Crippen LogP contribution in [0, 0.1) is 5.82 Å². The maximum atomic E-state index is 13.1. The summed E-state index contributed by atoms with van der Waals surface area (Å²) in [6.45, 7) is 0.178. The Hall–Kier alpha value is -1.89. The van der Waals surface area contributed by atoms with Gasteiger partial charge in [-0.2, -0.15) is 0 Å². The van der Waals surface area contributed by atoms with Crippen LogP contribution in [0.5, 0.6) is 0 Å². The third-order valence-corrected chi connectivity index (χ3v) is 3.68. The Morgan fingerprint density at radius 1 is 1.41 bits per heavy atom. The number of benzene rings is 2. The number of ether oxygens (including phenoxy) is 1. The lowest BCUT2D eigenvalue weighted by atomic mass is 9.79. The Kier molecular flexibility index (Phi) is 4.15. The van der Waals surface area contributed by atoms with E-state index < -0.39 is 18.9 Å². The van der Waals surface area contributed by atoms with Crippen molar-refractivity contribution in [2.45, 2.75) is 13.2 Å². The monoisotopic (exact) mass is 320 g/mol. The van der Waals surface area contributed by atoms with E-state index in [2.05, 4.69) is 0 Å². The SMILES string of the molecule is O=C(OCc1cccc(F)c1)c1cc2c(cc1Cl)COB2O. The summed E-state index contributed by atoms with van der Waals surface area (Å²) in [5.41, 5.74) is 1.91. The standard InChI is InChI=1S/C15H11BClFO4/c17-14-5-10-8-22-16(20)13(10)6-12(14)15(19)21-7-9-2-1-3-11(18)4-9/h1-6,20H,7-8H2. The molecular formula is C15H11BClFO4. The Labute approximate surface area is 131 Å². The smallest absolute Gasteiger partial charge is 0.457 e. The largest absolute Gasteiger partial charge is 0.491 e. The molecule has 1 aliphatic rings. The second-order valence-electron chi connectivity index (χ2n) is 4.90. The minimum absolute atomic E-state index is 0.0664. The molecule has 0 amide bonds. The average Bonchev–Trinajstić information content (AvgIpc) is 2.84. The second-order valence-corrected chi connectivity index (χ2v) is 5.31. The van der Waals surface area contributed by atoms with Crippen LogP contribution in [0.15, 0.2) is 36.4 Å². The van der Waals surface area contributed by atoms with E-state index >= 15 is 0 Å². The zero-order valence-corrected chi connectivity index (χ0v) is 12.1. The van der Waals surface area contributed by atoms with Crippen molar-refractivity contribution in [1.29, 1.82) is 0 Å². The Morgan fingerprint density at radius 3 is 3.00 bits per heavy atom. The summed E-state index contributed by atoms with van der Waals surface area (Å²) in [5, 5.41) is 9.88. The van der Waals surface area contributed by atoms with E-state index in [-0.39, 0.29) is 23.8 Å². The third-order valence-electron chi connectivity index (χ3n) is 3.37. The van der Waals surface area contributed by atoms with Crippen LogP contribution in [-0.2, 0) is 22.6 Å². The van der Waals surface area contributed by atoms with Gasteiger partial charge in [-0.15, -0.1) is 0 Å². The molecule has 4 nitrogen and oxygen atoms in total. The van der Waals surface area contributed by atoms with Gasteiger partial charge in [0.2, 0.25) is 0 Å². The second kappa shape index (κ2) is 6.08. The summed E-state index contributed by atoms with van der Waals surface area (Å²) >= 11 is 6.06. The van der Waals surface area contributed by atoms with Gasteiger partial charge in [-0.25, -0.2) is 9.18 Å². The molecule has 0 aromatic heterocycles. The van der Waals surface area contributed by atoms with Gasteiger partial charge in [0.25, 0.3) is 0 Å². The van der Waals surface area contributed by atoms with Crippen molar-refractivity contribution in [2.24, 2.45) is 0 Å². The van der Waals surface area contributed by atoms with Crippen LogP contribution < -0.4 is 5.46 Å². The summed E-state index contributed by atoms with van der Waals surface area (Å²) in [4.78, 5) is 12.1. The van der Waals surface area contributed by atoms with Crippen LogP contribution in [0.3, 0.4) is 0 Å². The average molecular weight is 321 g/mol. The van der Waals surface area contributed by atoms with Crippen molar-refractivity contribution in [3.05, 3.63) is 63.9 Å². The van der Waals surface area contributed by atoms with Gasteiger partial charge in [0, 0.05) is 0 Å². The van der Waals surface area contributed by atoms with Crippen molar-refractivity contribution in [3.8, 4) is 0 Å². The van der Waals surface area contributed by atoms with E-state index in [0.29, 0.717) is 11.0 Å². The molecule has 112 valence electrons. The van der Waals surface area contributed by atoms with Crippen LogP contribution in [0.2, 0.25) is 5.02 Å². The summed E-state index contributed by atoms with van der Waals surface area (Å²) in [7, 11) is -1.07. The van der Waals surface area contributed by atoms with Crippen LogP contribution in [0.4, 0.5) is 4.39 Å². The first-order valence-corrected chi connectivity index (χ1v) is 6.96. The fourth-order valence-electron chi connectivity index (χ4n) is 2.25. The highest BCUT2D eigenvalue weighted by atomic mass is 35.5. The Balaban J connectivity index is 1.77. The summed E-state index contributed by atoms with van der Waals surface area (Å²) < 4.78 is 23.3. The van der Waals surface area contributed by atoms with Crippen molar-refractivity contribution >= 4 is 30.2 Å². The predicted molar refractivity (Wildman–Crippen MR) is 79.4 cm³/mol. The first kappa shape index (κ1) is 15.0. The van der Waals surface area contributed by atoms with Gasteiger partial charge in [-0.05, 0) is 40.9 Å². The number of hydrogen-bond donors (Lipinski definition) is 1. The lowest BCUT2D eigenvalue weighted by molar-refractivity contribution is 0.0472. The fraction of sp³-hybridized carbons (Fsp3) is 0.133. The molecule has 1 N–H and O–H groups in total. The molecular weight excluding hydrogens is 309 g/mol. The lowest BCUT2D eigenvalue weighted by Crippen LogP contribution is -2.29. The van der Waals surface area contributed by atoms with Gasteiger partial charge in [0.05, 0.1) is 17.2 Å². The number of halogens is 2. The molecule has 0 spiro atoms. The Morgan fingerprint density at radius 2 is 2.23 bits per heavy atom. The molecule has 0 bridgehead atoms. The van der Waals surface area contributed by atoms with Gasteiger partial charge in [0.15, 0.2) is 0 Å². The number of fused-ring (bicyclic) bond motifs is 1. The van der Waals surface area contributed by atoms with Crippen LogP contribution in [0.25, 0.3) is 0 Å². The maximum absolute atomic E-state index is 13.1. The zero-order chi connectivity index (χ0) is 15.7. The van der Waals surface area contributed by atoms with Gasteiger partial charge in [-0.1, -0.05) is 23.7 Å². The molecule has 0 saturated carbocycles. The maximum Gasteiger partial charge on any atom is 0.491 e. The number of carbonyl (C=O) groups is 1. The third kappa shape index (κ3) is 2.99. The minimum atomic E-state index is -1.07. The fourth-order valence-corrected chi connectivity index (χ4v) is 2.52. The normalized spacial score (nSPS) is 13.1. The van der Waals surface area contributed by atoms with Crippen LogP contribution in [0.1, 0.15) is 21.5 Å². The van der Waals surface area contributed by atoms with Crippen LogP contribution >= 0.6 is 11.6 Å². The van der Waals surface area contributed by atoms with Crippen molar-refractivity contribution in [3.63, 3.8) is 0 Å². The van der Waals surface area contributed by atoms with E-state index in [1.54, 1.807) is 12.1 Å². The van der Waals surface area contributed by atoms with Crippen LogP contribution in [-0.4, -0.2) is 18.1 Å². The van der Waals surface area contributed by atoms with Gasteiger partial charge >= 0.3 is 13.1 Å². The van der Waals surface area contributed by atoms with E-state index in [4.69, 9.17) is 21.0 Å². The van der Waals surface area contributed by atoms with Crippen molar-refractivity contribution in [2.75, 3.05) is 0 Å². The highest BCUT2D eigenvalue weighted by Gasteiger charge is 2.29. The zero-order valence-electron chi connectivity index (χ0n) is 11.4. The molecule has 1 heterocycles. The summed E-state index contributed by atoms with van der Waals surface area (Å²) in [6.07, 6.45) is 0. The molecule has 7 heteroatoms. The molecule has 0 atom stereocenters. The Bertz CT molecular complexity index is 737. The topological polar surface area (TPSA) is 55.8 Å².